The maximum absolute atomic E-state index is 12.1. The molecule has 8 nitrogen and oxygen atoms in total. The van der Waals surface area contributed by atoms with Gasteiger partial charge in [0.15, 0.2) is 0 Å². The highest BCUT2D eigenvalue weighted by Crippen LogP contribution is 2.21. The summed E-state index contributed by atoms with van der Waals surface area (Å²) in [5, 5.41) is 7.53. The minimum Gasteiger partial charge on any atom is -0.497 e. The first-order valence-electron chi connectivity index (χ1n) is 9.71. The molecule has 1 aromatic heterocycles. The maximum atomic E-state index is 12.1. The summed E-state index contributed by atoms with van der Waals surface area (Å²) in [5.74, 6) is 1.34. The largest absolute Gasteiger partial charge is 0.497 e. The van der Waals surface area contributed by atoms with Crippen LogP contribution in [0.3, 0.4) is 0 Å². The lowest BCUT2D eigenvalue weighted by Crippen LogP contribution is -2.51. The molecule has 3 rings (SSSR count). The van der Waals surface area contributed by atoms with Crippen molar-refractivity contribution in [3.63, 3.8) is 0 Å². The highest BCUT2D eigenvalue weighted by atomic mass is 32.1. The number of amides is 1. The van der Waals surface area contributed by atoms with Gasteiger partial charge in [0.25, 0.3) is 4.84 Å². The molecule has 1 fully saturated rings. The standard InChI is InChI=1S/C20H29N5O3S/c1-20(2,3)21-17(26)13-23-9-11-24(12-10-23)14-25-19(29)28-18(22-25)15-5-7-16(27-4)8-6-15/h5-8H,9-14H2,1-4H3,(H,21,26). The monoisotopic (exact) mass is 419 g/mol. The average molecular weight is 420 g/mol. The Morgan fingerprint density at radius 3 is 2.38 bits per heavy atom. The number of carbonyl (C=O) groups excluding carboxylic acids is 1. The van der Waals surface area contributed by atoms with E-state index in [4.69, 9.17) is 21.4 Å². The van der Waals surface area contributed by atoms with Gasteiger partial charge in [0.1, 0.15) is 5.75 Å². The van der Waals surface area contributed by atoms with E-state index >= 15 is 0 Å². The third kappa shape index (κ3) is 6.12. The molecule has 1 saturated heterocycles. The molecule has 2 aromatic rings. The van der Waals surface area contributed by atoms with Crippen LogP contribution < -0.4 is 10.1 Å². The van der Waals surface area contributed by atoms with Crippen molar-refractivity contribution in [2.24, 2.45) is 0 Å². The van der Waals surface area contributed by atoms with Gasteiger partial charge in [-0.05, 0) is 57.3 Å². The molecule has 29 heavy (non-hydrogen) atoms. The number of benzene rings is 1. The number of hydrogen-bond donors (Lipinski definition) is 1. The average Bonchev–Trinajstić information content (AvgIpc) is 3.02. The van der Waals surface area contributed by atoms with Crippen molar-refractivity contribution < 1.29 is 13.9 Å². The molecule has 0 unspecified atom stereocenters. The van der Waals surface area contributed by atoms with Gasteiger partial charge in [0, 0.05) is 37.3 Å². The summed E-state index contributed by atoms with van der Waals surface area (Å²) in [7, 11) is 1.63. The van der Waals surface area contributed by atoms with Crippen molar-refractivity contribution >= 4 is 18.1 Å². The molecule has 1 aliphatic heterocycles. The summed E-state index contributed by atoms with van der Waals surface area (Å²) in [6.45, 7) is 10.3. The van der Waals surface area contributed by atoms with Crippen LogP contribution in [0.1, 0.15) is 20.8 Å². The minimum absolute atomic E-state index is 0.0637. The Morgan fingerprint density at radius 2 is 1.79 bits per heavy atom. The Labute approximate surface area is 176 Å². The van der Waals surface area contributed by atoms with Crippen LogP contribution in [0.25, 0.3) is 11.5 Å². The van der Waals surface area contributed by atoms with Crippen LogP contribution in [-0.2, 0) is 11.5 Å². The Balaban J connectivity index is 1.53. The summed E-state index contributed by atoms with van der Waals surface area (Å²) >= 11 is 5.34. The van der Waals surface area contributed by atoms with Gasteiger partial charge in [-0.3, -0.25) is 14.6 Å². The van der Waals surface area contributed by atoms with Crippen LogP contribution in [0.15, 0.2) is 28.7 Å². The van der Waals surface area contributed by atoms with E-state index in [-0.39, 0.29) is 11.4 Å². The van der Waals surface area contributed by atoms with E-state index in [2.05, 4.69) is 20.2 Å². The van der Waals surface area contributed by atoms with Gasteiger partial charge in [-0.2, -0.15) is 0 Å². The van der Waals surface area contributed by atoms with Gasteiger partial charge in [-0.15, -0.1) is 5.10 Å². The van der Waals surface area contributed by atoms with Gasteiger partial charge in [0.05, 0.1) is 20.3 Å². The lowest BCUT2D eigenvalue weighted by Gasteiger charge is -2.34. The van der Waals surface area contributed by atoms with Crippen molar-refractivity contribution in [1.82, 2.24) is 24.9 Å². The van der Waals surface area contributed by atoms with E-state index in [0.29, 0.717) is 23.9 Å². The maximum Gasteiger partial charge on any atom is 0.288 e. The molecule has 2 heterocycles. The zero-order chi connectivity index (χ0) is 21.0. The number of rotatable bonds is 6. The predicted molar refractivity (Wildman–Crippen MR) is 113 cm³/mol. The minimum atomic E-state index is -0.204. The van der Waals surface area contributed by atoms with Crippen LogP contribution in [0.4, 0.5) is 0 Å². The summed E-state index contributed by atoms with van der Waals surface area (Å²) in [5.41, 5.74) is 0.648. The molecule has 158 valence electrons. The van der Waals surface area contributed by atoms with E-state index < -0.39 is 0 Å². The molecule has 0 radical (unpaired) electrons. The number of piperazine rings is 1. The quantitative estimate of drug-likeness (QED) is 0.721. The highest BCUT2D eigenvalue weighted by Gasteiger charge is 2.22. The molecule has 1 amide bonds. The first-order valence-corrected chi connectivity index (χ1v) is 10.1. The number of aromatic nitrogens is 2. The van der Waals surface area contributed by atoms with Crippen molar-refractivity contribution in [2.75, 3.05) is 39.8 Å². The van der Waals surface area contributed by atoms with Crippen molar-refractivity contribution in [2.45, 2.75) is 33.0 Å². The fraction of sp³-hybridized carbons (Fsp3) is 0.550. The number of nitrogens with zero attached hydrogens (tertiary/aromatic N) is 4. The van der Waals surface area contributed by atoms with Crippen molar-refractivity contribution in [3.05, 3.63) is 29.1 Å². The third-order valence-electron chi connectivity index (χ3n) is 4.62. The summed E-state index contributed by atoms with van der Waals surface area (Å²) in [4.78, 5) is 16.9. The van der Waals surface area contributed by atoms with E-state index in [9.17, 15) is 4.79 Å². The first-order chi connectivity index (χ1) is 13.7. The number of hydrogen-bond acceptors (Lipinski definition) is 7. The van der Waals surface area contributed by atoms with Crippen molar-refractivity contribution in [1.29, 1.82) is 0 Å². The molecule has 9 heteroatoms. The van der Waals surface area contributed by atoms with Gasteiger partial charge in [-0.1, -0.05) is 0 Å². The summed E-state index contributed by atoms with van der Waals surface area (Å²) in [6, 6.07) is 7.51. The number of methoxy groups -OCH3 is 1. The smallest absolute Gasteiger partial charge is 0.288 e. The second-order valence-corrected chi connectivity index (χ2v) is 8.58. The number of ether oxygens (including phenoxy) is 1. The molecular formula is C20H29N5O3S. The van der Waals surface area contributed by atoms with Crippen LogP contribution in [-0.4, -0.2) is 70.9 Å². The Bertz CT molecular complexity index is 877. The van der Waals surface area contributed by atoms with Crippen LogP contribution in [0.5, 0.6) is 5.75 Å². The van der Waals surface area contributed by atoms with Gasteiger partial charge >= 0.3 is 0 Å². The molecule has 0 aliphatic carbocycles. The molecule has 1 N–H and O–H groups in total. The van der Waals surface area contributed by atoms with E-state index in [0.717, 1.165) is 37.5 Å². The molecule has 1 aromatic carbocycles. The number of nitrogens with one attached hydrogen (secondary N) is 1. The van der Waals surface area contributed by atoms with Crippen molar-refractivity contribution in [3.8, 4) is 17.2 Å². The second kappa shape index (κ2) is 9.06. The SMILES string of the molecule is COc1ccc(-c2nn(CN3CCN(CC(=O)NC(C)(C)C)CC3)c(=S)o2)cc1. The molecule has 1 aliphatic rings. The van der Waals surface area contributed by atoms with Crippen LogP contribution in [0.2, 0.25) is 0 Å². The molecule has 0 spiro atoms. The van der Waals surface area contributed by atoms with E-state index in [1.807, 2.05) is 45.0 Å². The summed E-state index contributed by atoms with van der Waals surface area (Å²) in [6.07, 6.45) is 0. The lowest BCUT2D eigenvalue weighted by atomic mass is 10.1. The first kappa shape index (κ1) is 21.5. The molecule has 0 bridgehead atoms. The van der Waals surface area contributed by atoms with Gasteiger partial charge in [-0.25, -0.2) is 4.68 Å². The Kier molecular flexibility index (Phi) is 6.71. The zero-order valence-corrected chi connectivity index (χ0v) is 18.3. The van der Waals surface area contributed by atoms with Gasteiger partial charge < -0.3 is 14.5 Å². The van der Waals surface area contributed by atoms with Crippen LogP contribution in [0, 0.1) is 4.84 Å². The second-order valence-electron chi connectivity index (χ2n) is 8.23. The normalized spacial score (nSPS) is 16.0. The fourth-order valence-electron chi connectivity index (χ4n) is 3.19. The predicted octanol–water partition coefficient (Wildman–Crippen LogP) is 2.37. The zero-order valence-electron chi connectivity index (χ0n) is 17.5. The topological polar surface area (TPSA) is 75.8 Å². The third-order valence-corrected chi connectivity index (χ3v) is 4.92. The molecule has 0 atom stereocenters. The van der Waals surface area contributed by atoms with Gasteiger partial charge in [0.2, 0.25) is 11.8 Å². The molecular weight excluding hydrogens is 390 g/mol. The van der Waals surface area contributed by atoms with E-state index in [1.54, 1.807) is 11.8 Å². The molecule has 0 saturated carbocycles. The fourth-order valence-corrected chi connectivity index (χ4v) is 3.36. The lowest BCUT2D eigenvalue weighted by molar-refractivity contribution is -0.124. The number of carbonyl (C=O) groups is 1. The Morgan fingerprint density at radius 1 is 1.17 bits per heavy atom. The van der Waals surface area contributed by atoms with E-state index in [1.165, 1.54) is 0 Å². The Hall–Kier alpha value is -2.23. The highest BCUT2D eigenvalue weighted by molar-refractivity contribution is 7.71. The van der Waals surface area contributed by atoms with Crippen LogP contribution >= 0.6 is 12.2 Å². The summed E-state index contributed by atoms with van der Waals surface area (Å²) < 4.78 is 12.6.